The van der Waals surface area contributed by atoms with Gasteiger partial charge in [0, 0.05) is 12.6 Å². The zero-order valence-electron chi connectivity index (χ0n) is 8.69. The normalized spacial score (nSPS) is 10.7. The van der Waals surface area contributed by atoms with Crippen LogP contribution in [0.25, 0.3) is 10.6 Å². The van der Waals surface area contributed by atoms with Gasteiger partial charge in [-0.1, -0.05) is 18.1 Å². The van der Waals surface area contributed by atoms with Crippen LogP contribution in [0.1, 0.15) is 19.0 Å². The SMILES string of the molecule is CCCNCc1cc(-c2cccs2)on1. The van der Waals surface area contributed by atoms with Gasteiger partial charge in [-0.05, 0) is 24.4 Å². The summed E-state index contributed by atoms with van der Waals surface area (Å²) in [5, 5.41) is 9.34. The highest BCUT2D eigenvalue weighted by atomic mass is 32.1. The maximum absolute atomic E-state index is 5.26. The molecular formula is C11H14N2OS. The zero-order valence-corrected chi connectivity index (χ0v) is 9.51. The second kappa shape index (κ2) is 5.09. The van der Waals surface area contributed by atoms with Crippen LogP contribution in [0.3, 0.4) is 0 Å². The molecule has 0 spiro atoms. The van der Waals surface area contributed by atoms with Gasteiger partial charge in [0.05, 0.1) is 10.6 Å². The van der Waals surface area contributed by atoms with E-state index < -0.39 is 0 Å². The maximum atomic E-state index is 5.26. The Labute approximate surface area is 93.1 Å². The molecule has 0 aromatic carbocycles. The number of hydrogen-bond acceptors (Lipinski definition) is 4. The molecule has 0 atom stereocenters. The maximum Gasteiger partial charge on any atom is 0.177 e. The lowest BCUT2D eigenvalue weighted by atomic mass is 10.3. The van der Waals surface area contributed by atoms with E-state index in [4.69, 9.17) is 4.52 Å². The smallest absolute Gasteiger partial charge is 0.177 e. The third kappa shape index (κ3) is 2.67. The second-order valence-corrected chi connectivity index (χ2v) is 4.28. The predicted molar refractivity (Wildman–Crippen MR) is 61.8 cm³/mol. The Morgan fingerprint density at radius 3 is 3.20 bits per heavy atom. The Kier molecular flexibility index (Phi) is 3.53. The lowest BCUT2D eigenvalue weighted by Gasteiger charge is -1.96. The van der Waals surface area contributed by atoms with Crippen LogP contribution in [0.5, 0.6) is 0 Å². The minimum Gasteiger partial charge on any atom is -0.355 e. The van der Waals surface area contributed by atoms with Gasteiger partial charge in [-0.15, -0.1) is 11.3 Å². The first kappa shape index (κ1) is 10.4. The van der Waals surface area contributed by atoms with Crippen molar-refractivity contribution in [2.24, 2.45) is 0 Å². The lowest BCUT2D eigenvalue weighted by Crippen LogP contribution is -2.13. The molecule has 0 bridgehead atoms. The van der Waals surface area contributed by atoms with E-state index >= 15 is 0 Å². The van der Waals surface area contributed by atoms with Gasteiger partial charge < -0.3 is 9.84 Å². The summed E-state index contributed by atoms with van der Waals surface area (Å²) in [6.07, 6.45) is 1.13. The molecule has 2 aromatic heterocycles. The molecule has 0 aliphatic heterocycles. The summed E-state index contributed by atoms with van der Waals surface area (Å²) in [7, 11) is 0. The van der Waals surface area contributed by atoms with Crippen molar-refractivity contribution in [1.82, 2.24) is 10.5 Å². The average molecular weight is 222 g/mol. The molecule has 0 amide bonds. The molecule has 15 heavy (non-hydrogen) atoms. The molecule has 0 aliphatic carbocycles. The molecule has 4 heteroatoms. The summed E-state index contributed by atoms with van der Waals surface area (Å²) >= 11 is 1.66. The Bertz CT molecular complexity index is 394. The molecular weight excluding hydrogens is 208 g/mol. The molecule has 0 unspecified atom stereocenters. The molecule has 0 saturated heterocycles. The van der Waals surface area contributed by atoms with Crippen LogP contribution in [0.4, 0.5) is 0 Å². The zero-order chi connectivity index (χ0) is 10.5. The monoisotopic (exact) mass is 222 g/mol. The summed E-state index contributed by atoms with van der Waals surface area (Å²) in [5.74, 6) is 0.860. The highest BCUT2D eigenvalue weighted by molar-refractivity contribution is 7.13. The first-order valence-electron chi connectivity index (χ1n) is 5.10. The number of nitrogens with zero attached hydrogens (tertiary/aromatic N) is 1. The molecule has 0 aliphatic rings. The van der Waals surface area contributed by atoms with E-state index in [1.165, 1.54) is 0 Å². The fraction of sp³-hybridized carbons (Fsp3) is 0.364. The minimum absolute atomic E-state index is 0.780. The number of nitrogens with one attached hydrogen (secondary N) is 1. The quantitative estimate of drug-likeness (QED) is 0.790. The lowest BCUT2D eigenvalue weighted by molar-refractivity contribution is 0.421. The van der Waals surface area contributed by atoms with Gasteiger partial charge in [-0.25, -0.2) is 0 Å². The molecule has 0 saturated carbocycles. The van der Waals surface area contributed by atoms with Gasteiger partial charge in [-0.3, -0.25) is 0 Å². The summed E-state index contributed by atoms with van der Waals surface area (Å²) < 4.78 is 5.26. The molecule has 2 heterocycles. The Balaban J connectivity index is 1.98. The first-order valence-corrected chi connectivity index (χ1v) is 5.98. The van der Waals surface area contributed by atoms with Gasteiger partial charge in [0.15, 0.2) is 5.76 Å². The van der Waals surface area contributed by atoms with Crippen LogP contribution < -0.4 is 5.32 Å². The third-order valence-corrected chi connectivity index (χ3v) is 2.94. The van der Waals surface area contributed by atoms with Crippen molar-refractivity contribution < 1.29 is 4.52 Å². The van der Waals surface area contributed by atoms with E-state index in [1.807, 2.05) is 23.6 Å². The van der Waals surface area contributed by atoms with Gasteiger partial charge >= 0.3 is 0 Å². The average Bonchev–Trinajstić information content (AvgIpc) is 2.87. The second-order valence-electron chi connectivity index (χ2n) is 3.34. The highest BCUT2D eigenvalue weighted by Crippen LogP contribution is 2.24. The molecule has 2 aromatic rings. The van der Waals surface area contributed by atoms with Crippen LogP contribution in [0.15, 0.2) is 28.1 Å². The highest BCUT2D eigenvalue weighted by Gasteiger charge is 2.06. The molecule has 3 nitrogen and oxygen atoms in total. The van der Waals surface area contributed by atoms with E-state index in [0.717, 1.165) is 35.8 Å². The first-order chi connectivity index (χ1) is 7.40. The van der Waals surface area contributed by atoms with Crippen molar-refractivity contribution in [3.8, 4) is 10.6 Å². The van der Waals surface area contributed by atoms with Gasteiger partial charge in [-0.2, -0.15) is 0 Å². The predicted octanol–water partition coefficient (Wildman–Crippen LogP) is 2.90. The Morgan fingerprint density at radius 1 is 1.53 bits per heavy atom. The van der Waals surface area contributed by atoms with Crippen LogP contribution >= 0.6 is 11.3 Å². The number of rotatable bonds is 5. The van der Waals surface area contributed by atoms with Crippen molar-refractivity contribution in [2.75, 3.05) is 6.54 Å². The topological polar surface area (TPSA) is 38.1 Å². The molecule has 0 fully saturated rings. The Morgan fingerprint density at radius 2 is 2.47 bits per heavy atom. The van der Waals surface area contributed by atoms with Crippen LogP contribution in [-0.4, -0.2) is 11.7 Å². The summed E-state index contributed by atoms with van der Waals surface area (Å²) in [6.45, 7) is 3.94. The van der Waals surface area contributed by atoms with E-state index in [-0.39, 0.29) is 0 Å². The van der Waals surface area contributed by atoms with Crippen molar-refractivity contribution in [3.05, 3.63) is 29.3 Å². The van der Waals surface area contributed by atoms with Gasteiger partial charge in [0.1, 0.15) is 0 Å². The van der Waals surface area contributed by atoms with E-state index in [0.29, 0.717) is 0 Å². The summed E-state index contributed by atoms with van der Waals surface area (Å²) in [4.78, 5) is 1.13. The van der Waals surface area contributed by atoms with Gasteiger partial charge in [0.2, 0.25) is 0 Å². The van der Waals surface area contributed by atoms with E-state index in [9.17, 15) is 0 Å². The van der Waals surface area contributed by atoms with Crippen LogP contribution in [0, 0.1) is 0 Å². The standard InChI is InChI=1S/C11H14N2OS/c1-2-5-12-8-9-7-10(14-13-9)11-4-3-6-15-11/h3-4,6-7,12H,2,5,8H2,1H3. The number of hydrogen-bond donors (Lipinski definition) is 1. The largest absolute Gasteiger partial charge is 0.355 e. The van der Waals surface area contributed by atoms with Crippen LogP contribution in [-0.2, 0) is 6.54 Å². The van der Waals surface area contributed by atoms with Gasteiger partial charge in [0.25, 0.3) is 0 Å². The number of aromatic nitrogens is 1. The Hall–Kier alpha value is -1.13. The molecule has 1 N–H and O–H groups in total. The van der Waals surface area contributed by atoms with E-state index in [1.54, 1.807) is 11.3 Å². The third-order valence-electron chi connectivity index (χ3n) is 2.06. The minimum atomic E-state index is 0.780. The van der Waals surface area contributed by atoms with E-state index in [2.05, 4.69) is 17.4 Å². The molecule has 0 radical (unpaired) electrons. The van der Waals surface area contributed by atoms with Crippen molar-refractivity contribution >= 4 is 11.3 Å². The van der Waals surface area contributed by atoms with Crippen LogP contribution in [0.2, 0.25) is 0 Å². The molecule has 2 rings (SSSR count). The molecule has 80 valence electrons. The summed E-state index contributed by atoms with van der Waals surface area (Å²) in [6, 6.07) is 6.04. The fourth-order valence-electron chi connectivity index (χ4n) is 1.32. The number of thiophene rings is 1. The summed E-state index contributed by atoms with van der Waals surface area (Å²) in [5.41, 5.74) is 0.965. The van der Waals surface area contributed by atoms with Crippen molar-refractivity contribution in [3.63, 3.8) is 0 Å². The fourth-order valence-corrected chi connectivity index (χ4v) is 2.00. The van der Waals surface area contributed by atoms with Crippen molar-refractivity contribution in [2.45, 2.75) is 19.9 Å². The van der Waals surface area contributed by atoms with Crippen molar-refractivity contribution in [1.29, 1.82) is 0 Å².